The number of carbonyl (C=O) groups excluding carboxylic acids is 2. The quantitative estimate of drug-likeness (QED) is 0.630. The van der Waals surface area contributed by atoms with Crippen LogP contribution in [0.5, 0.6) is 0 Å². The lowest BCUT2D eigenvalue weighted by atomic mass is 10.00. The van der Waals surface area contributed by atoms with E-state index in [0.717, 1.165) is 11.1 Å². The van der Waals surface area contributed by atoms with Crippen LogP contribution in [0.25, 0.3) is 0 Å². The van der Waals surface area contributed by atoms with Crippen LogP contribution < -0.4 is 5.32 Å². The number of benzene rings is 3. The minimum absolute atomic E-state index is 0.385. The molecule has 0 aliphatic carbocycles. The van der Waals surface area contributed by atoms with E-state index in [9.17, 15) is 9.59 Å². The van der Waals surface area contributed by atoms with E-state index in [4.69, 9.17) is 16.3 Å². The van der Waals surface area contributed by atoms with Crippen molar-refractivity contribution < 1.29 is 14.3 Å². The average Bonchev–Trinajstić information content (AvgIpc) is 2.69. The zero-order valence-corrected chi connectivity index (χ0v) is 15.3. The van der Waals surface area contributed by atoms with Crippen molar-refractivity contribution in [2.75, 3.05) is 11.9 Å². The van der Waals surface area contributed by atoms with E-state index in [1.165, 1.54) is 0 Å². The van der Waals surface area contributed by atoms with Gasteiger partial charge < -0.3 is 10.1 Å². The highest BCUT2D eigenvalue weighted by atomic mass is 35.5. The molecule has 0 aliphatic rings. The van der Waals surface area contributed by atoms with Gasteiger partial charge in [-0.05, 0) is 35.7 Å². The molecule has 4 nitrogen and oxygen atoms in total. The number of para-hydroxylation sites is 1. The van der Waals surface area contributed by atoms with Gasteiger partial charge in [-0.15, -0.1) is 0 Å². The summed E-state index contributed by atoms with van der Waals surface area (Å²) in [6, 6.07) is 24.0. The van der Waals surface area contributed by atoms with E-state index in [-0.39, 0.29) is 6.61 Å². The van der Waals surface area contributed by atoms with Gasteiger partial charge in [-0.3, -0.25) is 4.79 Å². The molecule has 27 heavy (non-hydrogen) atoms. The van der Waals surface area contributed by atoms with Crippen molar-refractivity contribution in [3.8, 4) is 0 Å². The number of hydrogen-bond donors (Lipinski definition) is 1. The molecule has 0 fully saturated rings. The second-order valence-electron chi connectivity index (χ2n) is 5.92. The second kappa shape index (κ2) is 9.01. The summed E-state index contributed by atoms with van der Waals surface area (Å²) in [7, 11) is 0. The number of rotatable bonds is 6. The van der Waals surface area contributed by atoms with Crippen LogP contribution in [0, 0.1) is 0 Å². The van der Waals surface area contributed by atoms with Gasteiger partial charge in [0.1, 0.15) is 0 Å². The van der Waals surface area contributed by atoms with Gasteiger partial charge in [0.15, 0.2) is 6.61 Å². The third-order valence-electron chi connectivity index (χ3n) is 3.96. The summed E-state index contributed by atoms with van der Waals surface area (Å²) in [5.74, 6) is -0.979. The molecule has 0 aliphatic heterocycles. The van der Waals surface area contributed by atoms with Crippen LogP contribution in [-0.4, -0.2) is 18.5 Å². The Balaban J connectivity index is 1.63. The minimum Gasteiger partial charge on any atom is -0.452 e. The van der Waals surface area contributed by atoms with Crippen molar-refractivity contribution in [1.29, 1.82) is 0 Å². The minimum atomic E-state index is -0.532. The summed E-state index contributed by atoms with van der Waals surface area (Å²) in [4.78, 5) is 24.5. The Bertz CT molecular complexity index is 941. The number of hydrogen-bond acceptors (Lipinski definition) is 3. The predicted octanol–water partition coefficient (Wildman–Crippen LogP) is 4.73. The number of anilines is 1. The van der Waals surface area contributed by atoms with Crippen LogP contribution >= 0.6 is 11.6 Å². The molecule has 0 heterocycles. The fourth-order valence-corrected chi connectivity index (χ4v) is 2.83. The summed E-state index contributed by atoms with van der Waals surface area (Å²) < 4.78 is 5.19. The fourth-order valence-electron chi connectivity index (χ4n) is 2.65. The maximum absolute atomic E-state index is 12.5. The van der Waals surface area contributed by atoms with Gasteiger partial charge in [-0.1, -0.05) is 72.3 Å². The Hall–Kier alpha value is -3.11. The van der Waals surface area contributed by atoms with Gasteiger partial charge in [0.2, 0.25) is 0 Å². The standard InChI is InChI=1S/C22H18ClNO3/c23-19-12-6-7-13-20(19)24-21(25)15-27-22(26)18-11-5-4-10-17(18)14-16-8-2-1-3-9-16/h1-13H,14-15H2,(H,24,25). The molecule has 3 aromatic rings. The largest absolute Gasteiger partial charge is 0.452 e. The van der Waals surface area contributed by atoms with E-state index in [1.807, 2.05) is 42.5 Å². The molecule has 0 spiro atoms. The van der Waals surface area contributed by atoms with E-state index in [1.54, 1.807) is 36.4 Å². The molecule has 3 rings (SSSR count). The molecular weight excluding hydrogens is 362 g/mol. The highest BCUT2D eigenvalue weighted by Gasteiger charge is 2.15. The third kappa shape index (κ3) is 5.19. The Kier molecular flexibility index (Phi) is 6.23. The Labute approximate surface area is 162 Å². The third-order valence-corrected chi connectivity index (χ3v) is 4.29. The number of halogens is 1. The smallest absolute Gasteiger partial charge is 0.338 e. The van der Waals surface area contributed by atoms with E-state index in [0.29, 0.717) is 22.7 Å². The first-order chi connectivity index (χ1) is 13.1. The van der Waals surface area contributed by atoms with Crippen molar-refractivity contribution in [3.05, 3.63) is 101 Å². The zero-order chi connectivity index (χ0) is 19.1. The monoisotopic (exact) mass is 379 g/mol. The van der Waals surface area contributed by atoms with Crippen molar-refractivity contribution in [1.82, 2.24) is 0 Å². The average molecular weight is 380 g/mol. The summed E-state index contributed by atoms with van der Waals surface area (Å²) in [6.45, 7) is -0.385. The first-order valence-electron chi connectivity index (χ1n) is 8.47. The summed E-state index contributed by atoms with van der Waals surface area (Å²) in [6.07, 6.45) is 0.609. The van der Waals surface area contributed by atoms with E-state index >= 15 is 0 Å². The molecule has 0 atom stereocenters. The first-order valence-corrected chi connectivity index (χ1v) is 8.84. The van der Waals surface area contributed by atoms with Crippen molar-refractivity contribution in [3.63, 3.8) is 0 Å². The van der Waals surface area contributed by atoms with Gasteiger partial charge in [0, 0.05) is 0 Å². The summed E-state index contributed by atoms with van der Waals surface area (Å²) in [5, 5.41) is 3.05. The van der Waals surface area contributed by atoms with Crippen LogP contribution in [0.3, 0.4) is 0 Å². The first kappa shape index (κ1) is 18.7. The Morgan fingerprint density at radius 3 is 2.30 bits per heavy atom. The number of carbonyl (C=O) groups is 2. The van der Waals surface area contributed by atoms with Crippen LogP contribution in [0.1, 0.15) is 21.5 Å². The SMILES string of the molecule is O=C(COC(=O)c1ccccc1Cc1ccccc1)Nc1ccccc1Cl. The van der Waals surface area contributed by atoms with Crippen molar-refractivity contribution >= 4 is 29.2 Å². The number of esters is 1. The molecule has 0 unspecified atom stereocenters. The lowest BCUT2D eigenvalue weighted by Gasteiger charge is -2.10. The van der Waals surface area contributed by atoms with Gasteiger partial charge in [-0.2, -0.15) is 0 Å². The zero-order valence-electron chi connectivity index (χ0n) is 14.5. The van der Waals surface area contributed by atoms with E-state index in [2.05, 4.69) is 5.32 Å². The van der Waals surface area contributed by atoms with Crippen LogP contribution in [-0.2, 0) is 16.0 Å². The van der Waals surface area contributed by atoms with Crippen molar-refractivity contribution in [2.45, 2.75) is 6.42 Å². The highest BCUT2D eigenvalue weighted by molar-refractivity contribution is 6.33. The van der Waals surface area contributed by atoms with Gasteiger partial charge in [0.05, 0.1) is 16.3 Å². The molecule has 0 saturated carbocycles. The molecule has 0 saturated heterocycles. The molecule has 0 radical (unpaired) electrons. The number of amides is 1. The lowest BCUT2D eigenvalue weighted by molar-refractivity contribution is -0.119. The fraction of sp³-hybridized carbons (Fsp3) is 0.0909. The molecule has 136 valence electrons. The maximum atomic E-state index is 12.5. The highest BCUT2D eigenvalue weighted by Crippen LogP contribution is 2.20. The Morgan fingerprint density at radius 2 is 1.52 bits per heavy atom. The molecule has 0 bridgehead atoms. The molecule has 0 aromatic heterocycles. The van der Waals surface area contributed by atoms with E-state index < -0.39 is 11.9 Å². The van der Waals surface area contributed by atoms with Gasteiger partial charge in [0.25, 0.3) is 5.91 Å². The summed E-state index contributed by atoms with van der Waals surface area (Å²) in [5.41, 5.74) is 2.87. The van der Waals surface area contributed by atoms with Crippen molar-refractivity contribution in [2.24, 2.45) is 0 Å². The molecule has 3 aromatic carbocycles. The second-order valence-corrected chi connectivity index (χ2v) is 6.33. The number of ether oxygens (including phenoxy) is 1. The summed E-state index contributed by atoms with van der Waals surface area (Å²) >= 11 is 6.00. The van der Waals surface area contributed by atoms with Crippen LogP contribution in [0.2, 0.25) is 5.02 Å². The van der Waals surface area contributed by atoms with Gasteiger partial charge >= 0.3 is 5.97 Å². The Morgan fingerprint density at radius 1 is 0.852 bits per heavy atom. The molecule has 1 N–H and O–H groups in total. The topological polar surface area (TPSA) is 55.4 Å². The predicted molar refractivity (Wildman–Crippen MR) is 106 cm³/mol. The number of nitrogens with one attached hydrogen (secondary N) is 1. The van der Waals surface area contributed by atoms with Gasteiger partial charge in [-0.25, -0.2) is 4.79 Å². The normalized spacial score (nSPS) is 10.3. The molecule has 1 amide bonds. The molecular formula is C22H18ClNO3. The van der Waals surface area contributed by atoms with Crippen LogP contribution in [0.4, 0.5) is 5.69 Å². The lowest BCUT2D eigenvalue weighted by Crippen LogP contribution is -2.21. The molecule has 5 heteroatoms. The van der Waals surface area contributed by atoms with Crippen LogP contribution in [0.15, 0.2) is 78.9 Å². The maximum Gasteiger partial charge on any atom is 0.338 e.